The number of anilines is 2. The van der Waals surface area contributed by atoms with Crippen LogP contribution in [0.3, 0.4) is 0 Å². The fraction of sp³-hybridized carbons (Fsp3) is 0.429. The Bertz CT molecular complexity index is 1460. The van der Waals surface area contributed by atoms with Crippen molar-refractivity contribution in [2.24, 2.45) is 0 Å². The molecule has 8 nitrogen and oxygen atoms in total. The van der Waals surface area contributed by atoms with Crippen molar-refractivity contribution in [3.8, 4) is 0 Å². The van der Waals surface area contributed by atoms with Crippen LogP contribution in [0.4, 0.5) is 11.4 Å². The molecule has 2 aromatic rings. The fourth-order valence-electron chi connectivity index (χ4n) is 4.87. The maximum atomic E-state index is 11.2. The second kappa shape index (κ2) is 14.0. The van der Waals surface area contributed by atoms with Crippen LogP contribution in [0.15, 0.2) is 70.9 Å². The molecular weight excluding hydrogens is 682 g/mol. The van der Waals surface area contributed by atoms with E-state index >= 15 is 0 Å². The molecule has 0 radical (unpaired) electrons. The quantitative estimate of drug-likeness (QED) is 0.185. The van der Waals surface area contributed by atoms with Gasteiger partial charge in [0, 0.05) is 0 Å². The molecule has 2 aromatic carbocycles. The molecule has 2 N–H and O–H groups in total. The molecule has 0 saturated carbocycles. The number of unbranched alkanes of at least 4 members (excludes halogenated alkanes) is 2. The Balaban J connectivity index is 1.55. The Hall–Kier alpha value is -1.62. The monoisotopic (exact) mass is 720 g/mol. The average Bonchev–Trinajstić information content (AvgIpc) is 3.25. The van der Waals surface area contributed by atoms with Crippen molar-refractivity contribution in [3.63, 3.8) is 0 Å². The van der Waals surface area contributed by atoms with Crippen molar-refractivity contribution in [2.75, 3.05) is 34.4 Å². The molecule has 0 amide bonds. The normalized spacial score (nSPS) is 18.7. The van der Waals surface area contributed by atoms with Gasteiger partial charge in [-0.2, -0.15) is 0 Å². The van der Waals surface area contributed by atoms with Crippen molar-refractivity contribution in [1.82, 2.24) is 0 Å². The average molecular weight is 719 g/mol. The van der Waals surface area contributed by atoms with E-state index in [2.05, 4.69) is 65.3 Å². The minimum absolute atomic E-state index is 0.131. The first-order valence-electron chi connectivity index (χ1n) is 13.4. The van der Waals surface area contributed by atoms with Gasteiger partial charge in [-0.1, -0.05) is 0 Å². The Morgan fingerprint density at radius 3 is 2.12 bits per heavy atom. The predicted octanol–water partition coefficient (Wildman–Crippen LogP) is 2.99. The number of hydrogen-bond acceptors (Lipinski definition) is 6. The molecule has 40 heavy (non-hydrogen) atoms. The van der Waals surface area contributed by atoms with E-state index < -0.39 is 20.2 Å². The summed E-state index contributed by atoms with van der Waals surface area (Å²) in [5.41, 5.74) is 3.63. The number of hydrogen-bond donors (Lipinski definition) is 2. The van der Waals surface area contributed by atoms with E-state index in [4.69, 9.17) is 9.11 Å². The molecule has 218 valence electrons. The molecular formula is C28H36N2O6S2Se2. The summed E-state index contributed by atoms with van der Waals surface area (Å²) in [5.74, 6) is -0.445. The summed E-state index contributed by atoms with van der Waals surface area (Å²) < 4.78 is 67.0. The van der Waals surface area contributed by atoms with E-state index in [1.165, 1.54) is 30.5 Å². The summed E-state index contributed by atoms with van der Waals surface area (Å²) in [7, 11) is -7.92. The molecule has 0 fully saturated rings. The first kappa shape index (κ1) is 31.3. The Labute approximate surface area is 250 Å². The fourth-order valence-corrected chi connectivity index (χ4v) is 10.8. The molecule has 2 heterocycles. The van der Waals surface area contributed by atoms with Gasteiger partial charge in [-0.15, -0.1) is 0 Å². The topological polar surface area (TPSA) is 115 Å². The van der Waals surface area contributed by atoms with Crippen LogP contribution < -0.4 is 18.7 Å². The minimum atomic E-state index is -3.96. The van der Waals surface area contributed by atoms with Crippen LogP contribution in [0.5, 0.6) is 0 Å². The Kier molecular flexibility index (Phi) is 11.0. The van der Waals surface area contributed by atoms with Crippen molar-refractivity contribution >= 4 is 70.4 Å². The van der Waals surface area contributed by atoms with Gasteiger partial charge in [-0.25, -0.2) is 0 Å². The van der Waals surface area contributed by atoms with Gasteiger partial charge in [0.1, 0.15) is 0 Å². The van der Waals surface area contributed by atoms with Gasteiger partial charge < -0.3 is 0 Å². The summed E-state index contributed by atoms with van der Waals surface area (Å²) in [6, 6.07) is 17.0. The third-order valence-electron chi connectivity index (χ3n) is 6.83. The number of allylic oxidation sites excluding steroid dienone is 2. The van der Waals surface area contributed by atoms with Crippen molar-refractivity contribution in [3.05, 3.63) is 70.9 Å². The van der Waals surface area contributed by atoms with Gasteiger partial charge in [0.25, 0.3) is 0 Å². The van der Waals surface area contributed by atoms with Crippen LogP contribution in [-0.4, -0.2) is 86.5 Å². The van der Waals surface area contributed by atoms with E-state index in [9.17, 15) is 16.8 Å². The molecule has 0 saturated heterocycles. The zero-order chi connectivity index (χ0) is 28.8. The molecule has 4 rings (SSSR count). The van der Waals surface area contributed by atoms with Crippen molar-refractivity contribution < 1.29 is 25.9 Å². The van der Waals surface area contributed by atoms with Gasteiger partial charge in [0.2, 0.25) is 0 Å². The summed E-state index contributed by atoms with van der Waals surface area (Å²) >= 11 is 0.466. The predicted molar refractivity (Wildman–Crippen MR) is 165 cm³/mol. The summed E-state index contributed by atoms with van der Waals surface area (Å²) in [4.78, 5) is 4.69. The first-order chi connectivity index (χ1) is 19.0. The third-order valence-corrected chi connectivity index (χ3v) is 13.2. The van der Waals surface area contributed by atoms with Gasteiger partial charge in [0.05, 0.1) is 0 Å². The third kappa shape index (κ3) is 8.94. The number of benzene rings is 2. The number of para-hydroxylation sites is 2. The maximum absolute atomic E-state index is 11.2. The van der Waals surface area contributed by atoms with Crippen LogP contribution in [0.2, 0.25) is 5.32 Å². The summed E-state index contributed by atoms with van der Waals surface area (Å²) in [6.07, 6.45) is 7.68. The van der Waals surface area contributed by atoms with Crippen LogP contribution in [0.1, 0.15) is 39.0 Å². The Morgan fingerprint density at radius 1 is 0.875 bits per heavy atom. The molecule has 0 aliphatic carbocycles. The molecule has 1 atom stereocenters. The van der Waals surface area contributed by atoms with Crippen molar-refractivity contribution in [1.29, 1.82) is 0 Å². The van der Waals surface area contributed by atoms with E-state index in [1.807, 2.05) is 12.1 Å². The van der Waals surface area contributed by atoms with Crippen LogP contribution >= 0.6 is 0 Å². The zero-order valence-corrected chi connectivity index (χ0v) is 27.5. The molecule has 0 aromatic heterocycles. The van der Waals surface area contributed by atoms with E-state index in [0.29, 0.717) is 53.7 Å². The van der Waals surface area contributed by atoms with E-state index in [0.717, 1.165) is 11.7 Å². The SMILES string of the molecule is CCC(=CC1C[Se]c2ccccc2N1CCCCS(=O)(=O)O)C=C1[Se]c2ccccc2N1CCCCS(=O)(=O)O. The first-order valence-corrected chi connectivity index (χ1v) is 20.4. The molecule has 0 spiro atoms. The molecule has 2 aliphatic heterocycles. The van der Waals surface area contributed by atoms with Gasteiger partial charge >= 0.3 is 252 Å². The standard InChI is InChI=1S/C28H36N2O6S2Se2/c1-2-22(20-28-30(16-8-10-18-38(34,35)36)25-12-4-6-14-27(25)40-28)19-23-21-39-26-13-5-3-11-24(26)29(23)15-7-9-17-37(31,32)33/h3-6,11-14,19-20,23H,2,7-10,15-18,21H2,1H3,(H,31,32,33)(H,34,35,36). The number of nitrogens with zero attached hydrogens (tertiary/aromatic N) is 2. The van der Waals surface area contributed by atoms with Crippen LogP contribution in [0, 0.1) is 0 Å². The second-order valence-corrected chi connectivity index (χ2v) is 17.4. The summed E-state index contributed by atoms with van der Waals surface area (Å²) in [6.45, 7) is 3.57. The van der Waals surface area contributed by atoms with E-state index in [-0.39, 0.29) is 32.5 Å². The second-order valence-electron chi connectivity index (χ2n) is 9.82. The van der Waals surface area contributed by atoms with Gasteiger partial charge in [-0.05, 0) is 0 Å². The Morgan fingerprint density at radius 2 is 1.48 bits per heavy atom. The van der Waals surface area contributed by atoms with Gasteiger partial charge in [-0.3, -0.25) is 0 Å². The van der Waals surface area contributed by atoms with Crippen LogP contribution in [-0.2, 0) is 20.2 Å². The number of fused-ring (bicyclic) bond motifs is 2. The molecule has 0 bridgehead atoms. The molecule has 2 aliphatic rings. The van der Waals surface area contributed by atoms with Crippen molar-refractivity contribution in [2.45, 2.75) is 50.4 Å². The van der Waals surface area contributed by atoms with Crippen LogP contribution in [0.25, 0.3) is 0 Å². The zero-order valence-electron chi connectivity index (χ0n) is 22.5. The molecule has 12 heteroatoms. The molecule has 1 unspecified atom stereocenters. The van der Waals surface area contributed by atoms with Gasteiger partial charge in [0.15, 0.2) is 0 Å². The number of rotatable bonds is 13. The van der Waals surface area contributed by atoms with E-state index in [1.54, 1.807) is 0 Å². The summed E-state index contributed by atoms with van der Waals surface area (Å²) in [5, 5.41) is 1.03.